The van der Waals surface area contributed by atoms with Gasteiger partial charge in [0.15, 0.2) is 0 Å². The van der Waals surface area contributed by atoms with Gasteiger partial charge in [-0.15, -0.1) is 0 Å². The highest BCUT2D eigenvalue weighted by Crippen LogP contribution is 2.29. The van der Waals surface area contributed by atoms with Crippen molar-refractivity contribution in [2.24, 2.45) is 0 Å². The van der Waals surface area contributed by atoms with E-state index in [1.165, 1.54) is 4.90 Å². The number of hydrogen-bond acceptors (Lipinski definition) is 2. The summed E-state index contributed by atoms with van der Waals surface area (Å²) < 4.78 is 1.82. The Morgan fingerprint density at radius 1 is 1.39 bits per heavy atom. The highest BCUT2D eigenvalue weighted by Gasteiger charge is 2.40. The van der Waals surface area contributed by atoms with Crippen molar-refractivity contribution in [3.8, 4) is 0 Å². The Labute approximate surface area is 127 Å². The number of benzene rings is 1. The van der Waals surface area contributed by atoms with E-state index < -0.39 is 5.54 Å². The molecule has 1 aromatic rings. The van der Waals surface area contributed by atoms with Gasteiger partial charge in [-0.25, -0.2) is 0 Å². The van der Waals surface area contributed by atoms with Gasteiger partial charge < -0.3 is 5.32 Å². The molecule has 18 heavy (non-hydrogen) atoms. The minimum Gasteiger partial charge on any atom is -0.341 e. The van der Waals surface area contributed by atoms with E-state index in [1.54, 1.807) is 13.8 Å². The van der Waals surface area contributed by atoms with Crippen molar-refractivity contribution in [1.29, 1.82) is 0 Å². The lowest BCUT2D eigenvalue weighted by Gasteiger charge is -2.37. The van der Waals surface area contributed by atoms with E-state index in [2.05, 4.69) is 43.8 Å². The topological polar surface area (TPSA) is 49.4 Å². The summed E-state index contributed by atoms with van der Waals surface area (Å²) in [6, 6.07) is 5.67. The van der Waals surface area contributed by atoms with Crippen LogP contribution in [0.4, 0.5) is 5.69 Å². The average Bonchev–Trinajstić information content (AvgIpc) is 2.26. The van der Waals surface area contributed by atoms with Crippen molar-refractivity contribution in [1.82, 2.24) is 5.32 Å². The van der Waals surface area contributed by atoms with Gasteiger partial charge in [-0.1, -0.05) is 15.9 Å². The number of amides is 2. The lowest BCUT2D eigenvalue weighted by molar-refractivity contribution is -0.134. The van der Waals surface area contributed by atoms with Crippen molar-refractivity contribution in [3.63, 3.8) is 0 Å². The van der Waals surface area contributed by atoms with E-state index in [4.69, 9.17) is 0 Å². The number of rotatable bonds is 1. The van der Waals surface area contributed by atoms with Crippen molar-refractivity contribution in [2.75, 3.05) is 11.4 Å². The molecule has 4 nitrogen and oxygen atoms in total. The van der Waals surface area contributed by atoms with Crippen LogP contribution in [0.25, 0.3) is 0 Å². The zero-order valence-corrected chi connectivity index (χ0v) is 13.7. The molecule has 0 aliphatic carbocycles. The number of nitrogens with one attached hydrogen (secondary N) is 1. The number of hydrogen-bond donors (Lipinski definition) is 1. The third-order valence-corrected chi connectivity index (χ3v) is 4.14. The largest absolute Gasteiger partial charge is 0.341 e. The fraction of sp³-hybridized carbons (Fsp3) is 0.333. The summed E-state index contributed by atoms with van der Waals surface area (Å²) in [5, 5.41) is 2.69. The first-order valence-corrected chi connectivity index (χ1v) is 7.26. The Morgan fingerprint density at radius 2 is 2.06 bits per heavy atom. The van der Waals surface area contributed by atoms with E-state index in [0.717, 1.165) is 13.7 Å². The second-order valence-electron chi connectivity index (χ2n) is 4.66. The predicted molar refractivity (Wildman–Crippen MR) is 81.4 cm³/mol. The Hall–Kier alpha value is -0.630. The minimum absolute atomic E-state index is 0.0642. The Balaban J connectivity index is 2.46. The molecule has 2 amide bonds. The molecule has 0 bridgehead atoms. The molecule has 0 atom stereocenters. The number of carbonyl (C=O) groups excluding carboxylic acids is 2. The second kappa shape index (κ2) is 4.80. The van der Waals surface area contributed by atoms with E-state index in [1.807, 2.05) is 18.2 Å². The van der Waals surface area contributed by atoms with E-state index in [0.29, 0.717) is 0 Å². The Kier molecular flexibility index (Phi) is 3.68. The molecule has 1 aliphatic heterocycles. The molecule has 1 fully saturated rings. The maximum atomic E-state index is 12.3. The summed E-state index contributed by atoms with van der Waals surface area (Å²) in [6.07, 6.45) is 0. The summed E-state index contributed by atoms with van der Waals surface area (Å²) in [6.45, 7) is 3.49. The van der Waals surface area contributed by atoms with Crippen molar-refractivity contribution < 1.29 is 9.59 Å². The number of piperazine rings is 1. The van der Waals surface area contributed by atoms with Crippen LogP contribution >= 0.6 is 38.5 Å². The van der Waals surface area contributed by atoms with Crippen LogP contribution in [0.5, 0.6) is 0 Å². The Morgan fingerprint density at radius 3 is 2.72 bits per heavy atom. The maximum absolute atomic E-state index is 12.3. The van der Waals surface area contributed by atoms with Gasteiger partial charge in [0.2, 0.25) is 5.91 Å². The number of anilines is 1. The molecule has 0 aromatic heterocycles. The zero-order chi connectivity index (χ0) is 13.5. The molecule has 0 radical (unpaired) electrons. The lowest BCUT2D eigenvalue weighted by atomic mass is 10.00. The monoisotopic (exact) mass is 422 g/mol. The number of halogens is 2. The first-order valence-electron chi connectivity index (χ1n) is 5.39. The van der Waals surface area contributed by atoms with Crippen LogP contribution in [0.15, 0.2) is 22.7 Å². The molecule has 0 spiro atoms. The highest BCUT2D eigenvalue weighted by molar-refractivity contribution is 14.1. The molecule has 1 N–H and O–H groups in total. The summed E-state index contributed by atoms with van der Waals surface area (Å²) in [4.78, 5) is 25.6. The van der Waals surface area contributed by atoms with Crippen molar-refractivity contribution in [2.45, 2.75) is 19.4 Å². The third-order valence-electron chi connectivity index (χ3n) is 2.73. The molecule has 0 unspecified atom stereocenters. The van der Waals surface area contributed by atoms with Crippen LogP contribution in [0.3, 0.4) is 0 Å². The van der Waals surface area contributed by atoms with Crippen LogP contribution in [0.1, 0.15) is 13.8 Å². The van der Waals surface area contributed by atoms with Crippen LogP contribution in [-0.2, 0) is 9.59 Å². The minimum atomic E-state index is -0.860. The summed E-state index contributed by atoms with van der Waals surface area (Å²) >= 11 is 5.55. The van der Waals surface area contributed by atoms with E-state index in [9.17, 15) is 9.59 Å². The number of carbonyl (C=O) groups is 2. The van der Waals surface area contributed by atoms with Gasteiger partial charge in [-0.3, -0.25) is 14.5 Å². The highest BCUT2D eigenvalue weighted by atomic mass is 127. The SMILES string of the molecule is CC1(C)NC(=O)CN(c2cc(Br)ccc2I)C1=O. The standard InChI is InChI=1S/C12H12BrIN2O2/c1-12(2)11(18)16(6-10(17)15-12)9-5-7(13)3-4-8(9)14/h3-5H,6H2,1-2H3,(H,15,17). The van der Waals surface area contributed by atoms with Crippen LogP contribution in [-0.4, -0.2) is 23.9 Å². The molecule has 1 aliphatic rings. The molecule has 96 valence electrons. The first-order chi connectivity index (χ1) is 8.31. The van der Waals surface area contributed by atoms with Crippen LogP contribution < -0.4 is 10.2 Å². The maximum Gasteiger partial charge on any atom is 0.252 e. The molecule has 0 saturated carbocycles. The van der Waals surface area contributed by atoms with Gasteiger partial charge in [-0.2, -0.15) is 0 Å². The number of nitrogens with zero attached hydrogens (tertiary/aromatic N) is 1. The van der Waals surface area contributed by atoms with Gasteiger partial charge in [0.25, 0.3) is 5.91 Å². The van der Waals surface area contributed by atoms with Crippen molar-refractivity contribution in [3.05, 3.63) is 26.2 Å². The molecule has 1 saturated heterocycles. The fourth-order valence-corrected chi connectivity index (χ4v) is 2.86. The average molecular weight is 423 g/mol. The molecular formula is C12H12BrIN2O2. The fourth-order valence-electron chi connectivity index (χ4n) is 1.88. The Bertz CT molecular complexity index is 531. The normalized spacial score (nSPS) is 18.8. The third kappa shape index (κ3) is 2.54. The molecule has 2 rings (SSSR count). The van der Waals surface area contributed by atoms with Crippen LogP contribution in [0, 0.1) is 3.57 Å². The van der Waals surface area contributed by atoms with Gasteiger partial charge in [-0.05, 0) is 54.6 Å². The van der Waals surface area contributed by atoms with Crippen molar-refractivity contribution >= 4 is 56.0 Å². The molecule has 1 aromatic carbocycles. The molecule has 1 heterocycles. The van der Waals surface area contributed by atoms with Gasteiger partial charge in [0.1, 0.15) is 12.1 Å². The quantitative estimate of drug-likeness (QED) is 0.706. The summed E-state index contributed by atoms with van der Waals surface area (Å²) in [7, 11) is 0. The van der Waals surface area contributed by atoms with Gasteiger partial charge >= 0.3 is 0 Å². The zero-order valence-electron chi connectivity index (χ0n) is 9.96. The van der Waals surface area contributed by atoms with E-state index >= 15 is 0 Å². The second-order valence-corrected chi connectivity index (χ2v) is 6.74. The predicted octanol–water partition coefficient (Wildman–Crippen LogP) is 2.30. The molecular weight excluding hydrogens is 411 g/mol. The van der Waals surface area contributed by atoms with Gasteiger partial charge in [0, 0.05) is 8.04 Å². The van der Waals surface area contributed by atoms with E-state index in [-0.39, 0.29) is 18.4 Å². The summed E-state index contributed by atoms with van der Waals surface area (Å²) in [5.41, 5.74) is -0.0984. The molecule has 6 heteroatoms. The smallest absolute Gasteiger partial charge is 0.252 e. The van der Waals surface area contributed by atoms with Crippen LogP contribution in [0.2, 0.25) is 0 Å². The first kappa shape index (κ1) is 13.8. The summed E-state index contributed by atoms with van der Waals surface area (Å²) in [5.74, 6) is -0.242. The van der Waals surface area contributed by atoms with Gasteiger partial charge in [0.05, 0.1) is 5.69 Å². The lowest BCUT2D eigenvalue weighted by Crippen LogP contribution is -2.64.